The Morgan fingerprint density at radius 3 is 2.75 bits per heavy atom. The molecule has 0 spiro atoms. The minimum absolute atomic E-state index is 0.529. The first kappa shape index (κ1) is 13.9. The Labute approximate surface area is 127 Å². The molecular formula is C17H24N2S. The molecule has 3 heteroatoms. The molecule has 2 fully saturated rings. The van der Waals surface area contributed by atoms with Gasteiger partial charge in [-0.15, -0.1) is 0 Å². The largest absolute Gasteiger partial charge is 0.389 e. The molecule has 0 bridgehead atoms. The second kappa shape index (κ2) is 5.72. The summed E-state index contributed by atoms with van der Waals surface area (Å²) >= 11 is 5.28. The zero-order chi connectivity index (χ0) is 14.1. The van der Waals surface area contributed by atoms with Crippen LogP contribution in [-0.2, 0) is 0 Å². The van der Waals surface area contributed by atoms with Crippen LogP contribution in [0.4, 0.5) is 5.69 Å². The van der Waals surface area contributed by atoms with Gasteiger partial charge in [0.1, 0.15) is 4.99 Å². The summed E-state index contributed by atoms with van der Waals surface area (Å²) in [6, 6.07) is 7.03. The van der Waals surface area contributed by atoms with E-state index < -0.39 is 0 Å². The monoisotopic (exact) mass is 288 g/mol. The Bertz CT molecular complexity index is 510. The van der Waals surface area contributed by atoms with Crippen molar-refractivity contribution in [3.63, 3.8) is 0 Å². The summed E-state index contributed by atoms with van der Waals surface area (Å²) in [5.41, 5.74) is 9.63. The van der Waals surface area contributed by atoms with Gasteiger partial charge in [-0.3, -0.25) is 0 Å². The number of nitrogens with zero attached hydrogens (tertiary/aromatic N) is 1. The number of para-hydroxylation sites is 1. The molecule has 2 unspecified atom stereocenters. The van der Waals surface area contributed by atoms with Crippen molar-refractivity contribution < 1.29 is 0 Å². The van der Waals surface area contributed by atoms with E-state index in [1.165, 1.54) is 49.8 Å². The molecular weight excluding hydrogens is 264 g/mol. The van der Waals surface area contributed by atoms with Crippen molar-refractivity contribution in [2.75, 3.05) is 11.4 Å². The van der Waals surface area contributed by atoms with Crippen LogP contribution >= 0.6 is 12.2 Å². The van der Waals surface area contributed by atoms with Crippen molar-refractivity contribution in [1.29, 1.82) is 0 Å². The van der Waals surface area contributed by atoms with Gasteiger partial charge < -0.3 is 10.6 Å². The fraction of sp³-hybridized carbons (Fsp3) is 0.588. The summed E-state index contributed by atoms with van der Waals surface area (Å²) in [4.78, 5) is 3.15. The maximum absolute atomic E-state index is 5.96. The summed E-state index contributed by atoms with van der Waals surface area (Å²) in [5, 5.41) is 0. The number of aryl methyl sites for hydroxylation is 1. The van der Waals surface area contributed by atoms with Gasteiger partial charge in [0.2, 0.25) is 0 Å². The predicted octanol–water partition coefficient (Wildman–Crippen LogP) is 3.79. The highest BCUT2D eigenvalue weighted by atomic mass is 32.1. The Kier molecular flexibility index (Phi) is 3.97. The zero-order valence-corrected chi connectivity index (χ0v) is 13.1. The fourth-order valence-corrected chi connectivity index (χ4v) is 4.31. The fourth-order valence-electron chi connectivity index (χ4n) is 4.14. The van der Waals surface area contributed by atoms with E-state index in [0.717, 1.165) is 18.0 Å². The molecule has 0 aromatic heterocycles. The molecule has 2 nitrogen and oxygen atoms in total. The van der Waals surface area contributed by atoms with E-state index >= 15 is 0 Å². The second-order valence-corrected chi connectivity index (χ2v) is 6.72. The number of thiocarbonyl (C=S) groups is 1. The van der Waals surface area contributed by atoms with Crippen molar-refractivity contribution >= 4 is 22.9 Å². The van der Waals surface area contributed by atoms with E-state index in [2.05, 4.69) is 30.0 Å². The molecule has 1 aromatic rings. The number of nitrogens with two attached hydrogens (primary N) is 1. The zero-order valence-electron chi connectivity index (χ0n) is 12.3. The molecule has 0 radical (unpaired) electrons. The Balaban J connectivity index is 2.00. The van der Waals surface area contributed by atoms with Crippen molar-refractivity contribution in [2.24, 2.45) is 11.7 Å². The lowest BCUT2D eigenvalue weighted by molar-refractivity contribution is 0.243. The molecule has 108 valence electrons. The summed E-state index contributed by atoms with van der Waals surface area (Å²) in [5.74, 6) is 0.872. The van der Waals surface area contributed by atoms with Gasteiger partial charge in [-0.2, -0.15) is 0 Å². The standard InChI is InChI=1S/C17H24N2S/c1-12-6-4-9-14(17(18)20)16(12)19-11-5-8-13-7-2-3-10-15(13)19/h4,6,9,13,15H,2-3,5,7-8,10-11H2,1H3,(H2,18,20). The van der Waals surface area contributed by atoms with Crippen molar-refractivity contribution in [2.45, 2.75) is 51.5 Å². The van der Waals surface area contributed by atoms with Crippen LogP contribution in [0, 0.1) is 12.8 Å². The molecule has 20 heavy (non-hydrogen) atoms. The number of rotatable bonds is 2. The third-order valence-electron chi connectivity index (χ3n) is 5.03. The van der Waals surface area contributed by atoms with Gasteiger partial charge >= 0.3 is 0 Å². The van der Waals surface area contributed by atoms with Crippen LogP contribution in [-0.4, -0.2) is 17.6 Å². The third kappa shape index (κ3) is 2.44. The minimum Gasteiger partial charge on any atom is -0.389 e. The van der Waals surface area contributed by atoms with Gasteiger partial charge in [0.15, 0.2) is 0 Å². The quantitative estimate of drug-likeness (QED) is 0.840. The lowest BCUT2D eigenvalue weighted by atomic mass is 9.78. The van der Waals surface area contributed by atoms with Gasteiger partial charge in [0.25, 0.3) is 0 Å². The molecule has 1 aliphatic carbocycles. The lowest BCUT2D eigenvalue weighted by Gasteiger charge is -2.46. The van der Waals surface area contributed by atoms with E-state index in [4.69, 9.17) is 18.0 Å². The molecule has 2 atom stereocenters. The molecule has 1 aliphatic heterocycles. The van der Waals surface area contributed by atoms with E-state index in [-0.39, 0.29) is 0 Å². The van der Waals surface area contributed by atoms with Gasteiger partial charge in [-0.1, -0.05) is 37.2 Å². The van der Waals surface area contributed by atoms with Crippen molar-refractivity contribution in [3.8, 4) is 0 Å². The Morgan fingerprint density at radius 1 is 1.20 bits per heavy atom. The van der Waals surface area contributed by atoms with E-state index in [9.17, 15) is 0 Å². The maximum atomic E-state index is 5.96. The van der Waals surface area contributed by atoms with Crippen LogP contribution in [0.15, 0.2) is 18.2 Å². The van der Waals surface area contributed by atoms with Crippen LogP contribution in [0.5, 0.6) is 0 Å². The Hall–Kier alpha value is -1.09. The normalized spacial score (nSPS) is 26.1. The molecule has 2 aliphatic rings. The minimum atomic E-state index is 0.529. The van der Waals surface area contributed by atoms with Crippen LogP contribution in [0.3, 0.4) is 0 Å². The number of piperidine rings is 1. The number of fused-ring (bicyclic) bond motifs is 1. The molecule has 2 N–H and O–H groups in total. The van der Waals surface area contributed by atoms with Gasteiger partial charge in [-0.25, -0.2) is 0 Å². The van der Waals surface area contributed by atoms with Crippen molar-refractivity contribution in [1.82, 2.24) is 0 Å². The van der Waals surface area contributed by atoms with Gasteiger partial charge in [0, 0.05) is 18.2 Å². The van der Waals surface area contributed by atoms with Gasteiger partial charge in [-0.05, 0) is 50.2 Å². The first-order valence-corrected chi connectivity index (χ1v) is 8.25. The average molecular weight is 288 g/mol. The highest BCUT2D eigenvalue weighted by molar-refractivity contribution is 7.80. The molecule has 1 heterocycles. The van der Waals surface area contributed by atoms with Gasteiger partial charge in [0.05, 0.1) is 5.69 Å². The highest BCUT2D eigenvalue weighted by Gasteiger charge is 2.34. The Morgan fingerprint density at radius 2 is 1.95 bits per heavy atom. The van der Waals surface area contributed by atoms with E-state index in [1.807, 2.05) is 0 Å². The average Bonchev–Trinajstić information content (AvgIpc) is 2.46. The third-order valence-corrected chi connectivity index (χ3v) is 5.25. The van der Waals surface area contributed by atoms with Crippen LogP contribution in [0.25, 0.3) is 0 Å². The molecule has 1 aromatic carbocycles. The molecule has 3 rings (SSSR count). The first-order valence-electron chi connectivity index (χ1n) is 7.84. The van der Waals surface area contributed by atoms with Crippen LogP contribution in [0.2, 0.25) is 0 Å². The second-order valence-electron chi connectivity index (χ2n) is 6.28. The summed E-state index contributed by atoms with van der Waals surface area (Å²) in [7, 11) is 0. The number of hydrogen-bond acceptors (Lipinski definition) is 2. The SMILES string of the molecule is Cc1cccc(C(N)=S)c1N1CCCC2CCCCC21. The summed E-state index contributed by atoms with van der Waals surface area (Å²) in [6.07, 6.45) is 8.20. The molecule has 0 amide bonds. The lowest BCUT2D eigenvalue weighted by Crippen LogP contribution is -2.47. The predicted molar refractivity (Wildman–Crippen MR) is 89.4 cm³/mol. The maximum Gasteiger partial charge on any atom is 0.106 e. The van der Waals surface area contributed by atoms with Crippen LogP contribution in [0.1, 0.15) is 49.7 Å². The van der Waals surface area contributed by atoms with E-state index in [1.54, 1.807) is 0 Å². The number of benzene rings is 1. The number of hydrogen-bond donors (Lipinski definition) is 1. The smallest absolute Gasteiger partial charge is 0.106 e. The van der Waals surface area contributed by atoms with Crippen molar-refractivity contribution in [3.05, 3.63) is 29.3 Å². The summed E-state index contributed by atoms with van der Waals surface area (Å²) in [6.45, 7) is 3.34. The van der Waals surface area contributed by atoms with E-state index in [0.29, 0.717) is 11.0 Å². The summed E-state index contributed by atoms with van der Waals surface area (Å²) < 4.78 is 0. The molecule has 1 saturated carbocycles. The first-order chi connectivity index (χ1) is 9.68. The van der Waals surface area contributed by atoms with Crippen LogP contribution < -0.4 is 10.6 Å². The highest BCUT2D eigenvalue weighted by Crippen LogP contribution is 2.39. The molecule has 1 saturated heterocycles. The topological polar surface area (TPSA) is 29.3 Å². The number of anilines is 1.